The molecule has 4 rings (SSSR count). The van der Waals surface area contributed by atoms with Crippen LogP contribution in [-0.2, 0) is 16.6 Å². The predicted octanol–water partition coefficient (Wildman–Crippen LogP) is 2.68. The number of aromatic nitrogens is 3. The molecule has 2 aliphatic rings. The zero-order chi connectivity index (χ0) is 19.2. The number of anilines is 1. The van der Waals surface area contributed by atoms with Crippen molar-refractivity contribution in [3.63, 3.8) is 0 Å². The smallest absolute Gasteiger partial charge is 0.293 e. The summed E-state index contributed by atoms with van der Waals surface area (Å²) < 4.78 is 14.9. The van der Waals surface area contributed by atoms with E-state index in [-0.39, 0.29) is 35.6 Å². The first-order chi connectivity index (χ1) is 12.9. The molecule has 0 aliphatic carbocycles. The number of nitrogens with zero attached hydrogens (tertiary/aromatic N) is 3. The average Bonchev–Trinajstić information content (AvgIpc) is 3.13. The maximum Gasteiger partial charge on any atom is 0.293 e. The second kappa shape index (κ2) is 6.60. The summed E-state index contributed by atoms with van der Waals surface area (Å²) in [5.41, 5.74) is 0.00900. The van der Waals surface area contributed by atoms with E-state index in [1.165, 1.54) is 6.07 Å². The van der Waals surface area contributed by atoms with Crippen molar-refractivity contribution in [2.24, 2.45) is 0 Å². The van der Waals surface area contributed by atoms with Crippen molar-refractivity contribution in [3.05, 3.63) is 40.2 Å². The van der Waals surface area contributed by atoms with E-state index in [0.717, 1.165) is 0 Å². The summed E-state index contributed by atoms with van der Waals surface area (Å²) in [6.07, 6.45) is 1.99. The summed E-state index contributed by atoms with van der Waals surface area (Å²) in [6, 6.07) is 3.05. The number of amides is 2. The zero-order valence-electron chi connectivity index (χ0n) is 14.8. The topological polar surface area (TPSA) is 91.0 Å². The maximum atomic E-state index is 14.9. The standard InChI is InChI=1S/C18H19ClFN5O2/c1-2-12-22-16(24-23-12)17(27)25-7-3-6-18(9-25)8-13(26)21-11-5-4-10(19)15(20)14(11)18/h4-5H,2-3,6-9H2,1H3,(H,21,26)(H,22,23,24). The number of piperidine rings is 1. The number of fused-ring (bicyclic) bond motifs is 2. The minimum Gasteiger partial charge on any atom is -0.335 e. The predicted molar refractivity (Wildman–Crippen MR) is 97.2 cm³/mol. The molecule has 142 valence electrons. The molecule has 0 bridgehead atoms. The molecule has 2 aliphatic heterocycles. The number of aryl methyl sites for hydroxylation is 1. The number of carbonyl (C=O) groups is 2. The highest BCUT2D eigenvalue weighted by molar-refractivity contribution is 6.31. The van der Waals surface area contributed by atoms with Crippen LogP contribution in [0.4, 0.5) is 10.1 Å². The van der Waals surface area contributed by atoms with Crippen molar-refractivity contribution in [3.8, 4) is 0 Å². The van der Waals surface area contributed by atoms with Gasteiger partial charge < -0.3 is 10.2 Å². The van der Waals surface area contributed by atoms with Gasteiger partial charge in [0.1, 0.15) is 11.6 Å². The van der Waals surface area contributed by atoms with Crippen LogP contribution in [0.15, 0.2) is 12.1 Å². The molecule has 0 radical (unpaired) electrons. The van der Waals surface area contributed by atoms with Crippen LogP contribution in [-0.4, -0.2) is 45.0 Å². The van der Waals surface area contributed by atoms with Crippen LogP contribution in [0, 0.1) is 5.82 Å². The van der Waals surface area contributed by atoms with Crippen LogP contribution in [0.2, 0.25) is 5.02 Å². The number of likely N-dealkylation sites (tertiary alicyclic amines) is 1. The second-order valence-corrected chi connectivity index (χ2v) is 7.49. The molecule has 1 atom stereocenters. The molecular weight excluding hydrogens is 373 g/mol. The molecule has 1 unspecified atom stereocenters. The van der Waals surface area contributed by atoms with Crippen LogP contribution >= 0.6 is 11.6 Å². The molecule has 1 saturated heterocycles. The minimum absolute atomic E-state index is 0.00859. The van der Waals surface area contributed by atoms with Crippen molar-refractivity contribution in [1.82, 2.24) is 20.1 Å². The van der Waals surface area contributed by atoms with Crippen LogP contribution in [0.1, 0.15) is 48.2 Å². The molecule has 2 amide bonds. The van der Waals surface area contributed by atoms with E-state index in [1.54, 1.807) is 11.0 Å². The maximum absolute atomic E-state index is 14.9. The average molecular weight is 392 g/mol. The Bertz CT molecular complexity index is 930. The van der Waals surface area contributed by atoms with Gasteiger partial charge in [-0.2, -0.15) is 0 Å². The fraction of sp³-hybridized carbons (Fsp3) is 0.444. The lowest BCUT2D eigenvalue weighted by Gasteiger charge is -2.45. The van der Waals surface area contributed by atoms with E-state index >= 15 is 0 Å². The van der Waals surface area contributed by atoms with Crippen molar-refractivity contribution in [2.75, 3.05) is 18.4 Å². The summed E-state index contributed by atoms with van der Waals surface area (Å²) in [4.78, 5) is 30.9. The lowest BCUT2D eigenvalue weighted by molar-refractivity contribution is -0.118. The summed E-state index contributed by atoms with van der Waals surface area (Å²) in [5.74, 6) is -0.319. The molecular formula is C18H19ClFN5O2. The number of halogens is 2. The first-order valence-corrected chi connectivity index (χ1v) is 9.30. The Morgan fingerprint density at radius 3 is 3.00 bits per heavy atom. The highest BCUT2D eigenvalue weighted by Gasteiger charge is 2.46. The molecule has 9 heteroatoms. The first kappa shape index (κ1) is 17.9. The van der Waals surface area contributed by atoms with Crippen LogP contribution in [0.25, 0.3) is 0 Å². The van der Waals surface area contributed by atoms with Gasteiger partial charge in [0.05, 0.1) is 5.02 Å². The Balaban J connectivity index is 1.71. The van der Waals surface area contributed by atoms with Crippen molar-refractivity contribution >= 4 is 29.1 Å². The van der Waals surface area contributed by atoms with E-state index in [4.69, 9.17) is 11.6 Å². The number of aromatic amines is 1. The van der Waals surface area contributed by atoms with Gasteiger partial charge in [-0.25, -0.2) is 9.37 Å². The van der Waals surface area contributed by atoms with Gasteiger partial charge in [0.15, 0.2) is 0 Å². The molecule has 1 fully saturated rings. The van der Waals surface area contributed by atoms with Gasteiger partial charge in [-0.15, -0.1) is 5.10 Å². The number of nitrogens with one attached hydrogen (secondary N) is 2. The van der Waals surface area contributed by atoms with Crippen molar-refractivity contribution in [2.45, 2.75) is 38.0 Å². The molecule has 1 aromatic carbocycles. The van der Waals surface area contributed by atoms with E-state index in [0.29, 0.717) is 42.9 Å². The third kappa shape index (κ3) is 2.97. The molecule has 3 heterocycles. The Hall–Kier alpha value is -2.48. The van der Waals surface area contributed by atoms with Gasteiger partial charge in [0.25, 0.3) is 5.91 Å². The number of benzene rings is 1. The Labute approximate surface area is 160 Å². The summed E-state index contributed by atoms with van der Waals surface area (Å²) in [5, 5.41) is 9.44. The molecule has 0 saturated carbocycles. The van der Waals surface area contributed by atoms with Gasteiger partial charge in [0, 0.05) is 42.6 Å². The lowest BCUT2D eigenvalue weighted by atomic mass is 9.69. The summed E-state index contributed by atoms with van der Waals surface area (Å²) >= 11 is 6.01. The summed E-state index contributed by atoms with van der Waals surface area (Å²) in [7, 11) is 0. The number of hydrogen-bond acceptors (Lipinski definition) is 4. The van der Waals surface area contributed by atoms with Gasteiger partial charge in [-0.05, 0) is 25.0 Å². The fourth-order valence-corrected chi connectivity index (χ4v) is 4.26. The van der Waals surface area contributed by atoms with E-state index < -0.39 is 11.2 Å². The Morgan fingerprint density at radius 1 is 1.44 bits per heavy atom. The largest absolute Gasteiger partial charge is 0.335 e. The second-order valence-electron chi connectivity index (χ2n) is 7.08. The highest BCUT2D eigenvalue weighted by atomic mass is 35.5. The Morgan fingerprint density at radius 2 is 2.26 bits per heavy atom. The van der Waals surface area contributed by atoms with E-state index in [2.05, 4.69) is 20.5 Å². The minimum atomic E-state index is -0.801. The van der Waals surface area contributed by atoms with E-state index in [1.807, 2.05) is 6.92 Å². The van der Waals surface area contributed by atoms with Gasteiger partial charge in [0.2, 0.25) is 11.7 Å². The zero-order valence-corrected chi connectivity index (χ0v) is 15.6. The number of rotatable bonds is 2. The van der Waals surface area contributed by atoms with Gasteiger partial charge in [-0.3, -0.25) is 14.7 Å². The Kier molecular flexibility index (Phi) is 4.38. The SMILES string of the molecule is CCc1nc(C(=O)N2CCCC3(CC(=O)Nc4ccc(Cl)c(F)c43)C2)n[nH]1. The van der Waals surface area contributed by atoms with E-state index in [9.17, 15) is 14.0 Å². The van der Waals surface area contributed by atoms with Gasteiger partial charge >= 0.3 is 0 Å². The molecule has 27 heavy (non-hydrogen) atoms. The number of hydrogen-bond donors (Lipinski definition) is 2. The third-order valence-electron chi connectivity index (χ3n) is 5.32. The normalized spacial score (nSPS) is 21.9. The lowest BCUT2D eigenvalue weighted by Crippen LogP contribution is -2.52. The third-order valence-corrected chi connectivity index (χ3v) is 5.61. The molecule has 7 nitrogen and oxygen atoms in total. The van der Waals surface area contributed by atoms with Gasteiger partial charge in [-0.1, -0.05) is 18.5 Å². The monoisotopic (exact) mass is 391 g/mol. The molecule has 2 N–H and O–H groups in total. The number of H-pyrrole nitrogens is 1. The quantitative estimate of drug-likeness (QED) is 0.823. The molecule has 1 spiro atoms. The van der Waals surface area contributed by atoms with Crippen LogP contribution in [0.3, 0.4) is 0 Å². The molecule has 1 aromatic heterocycles. The number of carbonyl (C=O) groups excluding carboxylic acids is 2. The fourth-order valence-electron chi connectivity index (χ4n) is 4.11. The van der Waals surface area contributed by atoms with Crippen LogP contribution in [0.5, 0.6) is 0 Å². The first-order valence-electron chi connectivity index (χ1n) is 8.92. The summed E-state index contributed by atoms with van der Waals surface area (Å²) in [6.45, 7) is 2.64. The highest BCUT2D eigenvalue weighted by Crippen LogP contribution is 2.46. The van der Waals surface area contributed by atoms with Crippen molar-refractivity contribution in [1.29, 1.82) is 0 Å². The molecule has 2 aromatic rings. The van der Waals surface area contributed by atoms with Crippen molar-refractivity contribution < 1.29 is 14.0 Å². The van der Waals surface area contributed by atoms with Crippen LogP contribution < -0.4 is 5.32 Å².